The summed E-state index contributed by atoms with van der Waals surface area (Å²) in [5, 5.41) is 0. The zero-order valence-electron chi connectivity index (χ0n) is 20.6. The standard InChI is InChI=1S/C28H29N5O4/c1-35-25-9-10-36-16-24(25)33(13-19-8-7-18(12-30-19)17-5-3-2-4-6-17)28(34)23-11-22-26(31-23)20-14-37-15-21(20)27(29)32-22/h2-8,11-12,24-25,31H,9-10,13-16H2,1H3,(H2,29,32)/t24-,25-/m1/s1. The van der Waals surface area contributed by atoms with Crippen LogP contribution in [0.1, 0.15) is 33.7 Å². The molecule has 1 amide bonds. The molecule has 9 nitrogen and oxygen atoms in total. The Morgan fingerprint density at radius 1 is 1.14 bits per heavy atom. The average molecular weight is 500 g/mol. The molecule has 1 saturated heterocycles. The Morgan fingerprint density at radius 3 is 2.76 bits per heavy atom. The highest BCUT2D eigenvalue weighted by Crippen LogP contribution is 2.32. The van der Waals surface area contributed by atoms with Gasteiger partial charge in [0.25, 0.3) is 5.91 Å². The zero-order chi connectivity index (χ0) is 25.4. The number of benzene rings is 1. The number of nitrogens with zero attached hydrogens (tertiary/aromatic N) is 3. The number of nitrogens with one attached hydrogen (secondary N) is 1. The second-order valence-electron chi connectivity index (χ2n) is 9.43. The van der Waals surface area contributed by atoms with Crippen molar-refractivity contribution in [1.82, 2.24) is 19.9 Å². The molecule has 1 aromatic carbocycles. The van der Waals surface area contributed by atoms with E-state index >= 15 is 0 Å². The molecule has 5 heterocycles. The first-order chi connectivity index (χ1) is 18.1. The molecule has 9 heteroatoms. The zero-order valence-corrected chi connectivity index (χ0v) is 20.6. The van der Waals surface area contributed by atoms with Crippen LogP contribution in [0.2, 0.25) is 0 Å². The minimum atomic E-state index is -0.264. The second kappa shape index (κ2) is 9.93. The van der Waals surface area contributed by atoms with Gasteiger partial charge in [0.15, 0.2) is 0 Å². The number of nitrogen functional groups attached to an aromatic ring is 1. The van der Waals surface area contributed by atoms with Crippen molar-refractivity contribution in [2.45, 2.75) is 38.3 Å². The number of aromatic nitrogens is 3. The van der Waals surface area contributed by atoms with Crippen molar-refractivity contribution < 1.29 is 19.0 Å². The Hall–Kier alpha value is -3.79. The average Bonchev–Trinajstić information content (AvgIpc) is 3.60. The van der Waals surface area contributed by atoms with E-state index in [1.807, 2.05) is 48.7 Å². The van der Waals surface area contributed by atoms with Crippen LogP contribution in [-0.4, -0.2) is 58.2 Å². The number of rotatable bonds is 6. The van der Waals surface area contributed by atoms with Crippen molar-refractivity contribution in [2.24, 2.45) is 0 Å². The first-order valence-corrected chi connectivity index (χ1v) is 12.4. The van der Waals surface area contributed by atoms with Crippen LogP contribution in [0.15, 0.2) is 54.7 Å². The molecule has 0 spiro atoms. The lowest BCUT2D eigenvalue weighted by Gasteiger charge is -2.38. The Morgan fingerprint density at radius 2 is 1.97 bits per heavy atom. The summed E-state index contributed by atoms with van der Waals surface area (Å²) in [6, 6.07) is 15.6. The van der Waals surface area contributed by atoms with Gasteiger partial charge in [0.1, 0.15) is 11.5 Å². The molecular formula is C28H29N5O4. The van der Waals surface area contributed by atoms with Crippen molar-refractivity contribution in [2.75, 3.05) is 26.1 Å². The third-order valence-corrected chi connectivity index (χ3v) is 7.23. The second-order valence-corrected chi connectivity index (χ2v) is 9.43. The summed E-state index contributed by atoms with van der Waals surface area (Å²) in [6.07, 6.45) is 2.41. The molecule has 0 aliphatic carbocycles. The van der Waals surface area contributed by atoms with Gasteiger partial charge in [-0.2, -0.15) is 0 Å². The highest BCUT2D eigenvalue weighted by atomic mass is 16.5. The smallest absolute Gasteiger partial charge is 0.271 e. The predicted octanol–water partition coefficient (Wildman–Crippen LogP) is 3.68. The molecule has 0 unspecified atom stereocenters. The lowest BCUT2D eigenvalue weighted by Crippen LogP contribution is -2.52. The van der Waals surface area contributed by atoms with Crippen LogP contribution in [0.25, 0.3) is 22.2 Å². The number of fused-ring (bicyclic) bond motifs is 3. The van der Waals surface area contributed by atoms with Gasteiger partial charge in [-0.3, -0.25) is 9.78 Å². The molecule has 190 valence electrons. The van der Waals surface area contributed by atoms with Crippen LogP contribution in [0, 0.1) is 0 Å². The SMILES string of the molecule is CO[C@@H]1CCOC[C@H]1N(Cc1ccc(-c2ccccc2)cn1)C(=O)c1cc2nc(N)c3c(c2[nH]1)COC3. The summed E-state index contributed by atoms with van der Waals surface area (Å²) in [4.78, 5) is 28.3. The first-order valence-electron chi connectivity index (χ1n) is 12.4. The molecule has 1 fully saturated rings. The third kappa shape index (κ3) is 4.46. The fourth-order valence-electron chi connectivity index (χ4n) is 5.21. The van der Waals surface area contributed by atoms with Crippen molar-refractivity contribution in [3.05, 3.63) is 77.2 Å². The van der Waals surface area contributed by atoms with Crippen LogP contribution in [0.3, 0.4) is 0 Å². The van der Waals surface area contributed by atoms with Crippen molar-refractivity contribution in [3.8, 4) is 11.1 Å². The number of H-pyrrole nitrogens is 1. The molecule has 0 saturated carbocycles. The van der Waals surface area contributed by atoms with Gasteiger partial charge in [0.05, 0.1) is 55.2 Å². The Bertz CT molecular complexity index is 1420. The van der Waals surface area contributed by atoms with Gasteiger partial charge in [-0.25, -0.2) is 4.98 Å². The van der Waals surface area contributed by atoms with Gasteiger partial charge in [0, 0.05) is 36.6 Å². The van der Waals surface area contributed by atoms with Crippen molar-refractivity contribution in [1.29, 1.82) is 0 Å². The van der Waals surface area contributed by atoms with E-state index in [-0.39, 0.29) is 18.1 Å². The normalized spacial score (nSPS) is 19.2. The van der Waals surface area contributed by atoms with E-state index in [4.69, 9.17) is 19.9 Å². The van der Waals surface area contributed by atoms with E-state index in [0.717, 1.165) is 33.5 Å². The number of aromatic amines is 1. The molecule has 6 rings (SSSR count). The number of nitrogens with two attached hydrogens (primary N) is 1. The number of amides is 1. The minimum Gasteiger partial charge on any atom is -0.383 e. The summed E-state index contributed by atoms with van der Waals surface area (Å²) in [5.41, 5.74) is 12.8. The lowest BCUT2D eigenvalue weighted by atomic mass is 10.0. The lowest BCUT2D eigenvalue weighted by molar-refractivity contribution is -0.0716. The monoisotopic (exact) mass is 499 g/mol. The number of anilines is 1. The summed E-state index contributed by atoms with van der Waals surface area (Å²) >= 11 is 0. The minimum absolute atomic E-state index is 0.142. The van der Waals surface area contributed by atoms with E-state index in [0.29, 0.717) is 56.4 Å². The topological polar surface area (TPSA) is 116 Å². The van der Waals surface area contributed by atoms with Crippen LogP contribution in [0.4, 0.5) is 5.82 Å². The molecule has 0 bridgehead atoms. The summed E-state index contributed by atoms with van der Waals surface area (Å²) in [5.74, 6) is 0.272. The van der Waals surface area contributed by atoms with Crippen LogP contribution >= 0.6 is 0 Å². The van der Waals surface area contributed by atoms with E-state index in [1.54, 1.807) is 18.1 Å². The predicted molar refractivity (Wildman–Crippen MR) is 139 cm³/mol. The first kappa shape index (κ1) is 23.6. The van der Waals surface area contributed by atoms with E-state index < -0.39 is 0 Å². The number of pyridine rings is 2. The van der Waals surface area contributed by atoms with Gasteiger partial charge in [-0.1, -0.05) is 36.4 Å². The number of methoxy groups -OCH3 is 1. The maximum Gasteiger partial charge on any atom is 0.271 e. The summed E-state index contributed by atoms with van der Waals surface area (Å²) in [6.45, 7) is 2.17. The van der Waals surface area contributed by atoms with Crippen LogP contribution in [-0.2, 0) is 34.0 Å². The molecule has 37 heavy (non-hydrogen) atoms. The third-order valence-electron chi connectivity index (χ3n) is 7.23. The van der Waals surface area contributed by atoms with E-state index in [2.05, 4.69) is 15.0 Å². The van der Waals surface area contributed by atoms with E-state index in [1.165, 1.54) is 0 Å². The largest absolute Gasteiger partial charge is 0.383 e. The maximum atomic E-state index is 14.0. The van der Waals surface area contributed by atoms with Crippen LogP contribution in [0.5, 0.6) is 0 Å². The highest BCUT2D eigenvalue weighted by Gasteiger charge is 2.35. The van der Waals surface area contributed by atoms with E-state index in [9.17, 15) is 4.79 Å². The molecule has 2 aliphatic heterocycles. The number of hydrogen-bond acceptors (Lipinski definition) is 7. The van der Waals surface area contributed by atoms with Crippen molar-refractivity contribution in [3.63, 3.8) is 0 Å². The maximum absolute atomic E-state index is 14.0. The van der Waals surface area contributed by atoms with Gasteiger partial charge in [-0.05, 0) is 24.1 Å². The highest BCUT2D eigenvalue weighted by molar-refractivity contribution is 5.98. The number of carbonyl (C=O) groups is 1. The van der Waals surface area contributed by atoms with Gasteiger partial charge < -0.3 is 29.8 Å². The molecule has 0 radical (unpaired) electrons. The molecule has 3 N–H and O–H groups in total. The Kier molecular flexibility index (Phi) is 6.33. The quantitative estimate of drug-likeness (QED) is 0.416. The van der Waals surface area contributed by atoms with Crippen molar-refractivity contribution >= 4 is 22.8 Å². The summed E-state index contributed by atoms with van der Waals surface area (Å²) in [7, 11) is 1.68. The molecule has 3 aromatic heterocycles. The number of hydrogen-bond donors (Lipinski definition) is 2. The van der Waals surface area contributed by atoms with Gasteiger partial charge >= 0.3 is 0 Å². The number of carbonyl (C=O) groups excluding carboxylic acids is 1. The van der Waals surface area contributed by atoms with Gasteiger partial charge in [0.2, 0.25) is 0 Å². The molecule has 2 atom stereocenters. The molecular weight excluding hydrogens is 470 g/mol. The molecule has 4 aromatic rings. The fraction of sp³-hybridized carbons (Fsp3) is 0.321. The van der Waals surface area contributed by atoms with Gasteiger partial charge in [-0.15, -0.1) is 0 Å². The fourth-order valence-corrected chi connectivity index (χ4v) is 5.21. The van der Waals surface area contributed by atoms with Crippen LogP contribution < -0.4 is 5.73 Å². The Balaban J connectivity index is 1.34. The Labute approximate surface area is 214 Å². The number of ether oxygens (including phenoxy) is 3. The molecule has 2 aliphatic rings. The summed E-state index contributed by atoms with van der Waals surface area (Å²) < 4.78 is 17.1.